The molecule has 2 aromatic rings. The average Bonchev–Trinajstić information content (AvgIpc) is 2.58. The summed E-state index contributed by atoms with van der Waals surface area (Å²) in [5.41, 5.74) is 0.986. The van der Waals surface area contributed by atoms with Gasteiger partial charge in [-0.05, 0) is 49.1 Å². The van der Waals surface area contributed by atoms with Crippen molar-refractivity contribution in [3.05, 3.63) is 53.6 Å². The third kappa shape index (κ3) is 5.16. The number of halogens is 1. The van der Waals surface area contributed by atoms with E-state index in [2.05, 4.69) is 5.32 Å². The molecule has 0 bridgehead atoms. The van der Waals surface area contributed by atoms with Gasteiger partial charge in [0, 0.05) is 15.6 Å². The summed E-state index contributed by atoms with van der Waals surface area (Å²) in [6.07, 6.45) is 3.34. The number of anilines is 2. The summed E-state index contributed by atoms with van der Waals surface area (Å²) < 4.78 is 25.9. The molecular weight excluding hydrogens is 392 g/mol. The molecule has 1 N–H and O–H groups in total. The third-order valence-electron chi connectivity index (χ3n) is 3.73. The SMILES string of the molecule is CCC(C(=O)Nc1cccc(SC)c1)N(c1cccc(Cl)c1)S(C)(=O)=O. The zero-order valence-corrected chi connectivity index (χ0v) is 17.2. The maximum absolute atomic E-state index is 12.8. The molecule has 0 fully saturated rings. The molecular formula is C18H21ClN2O3S2. The molecule has 0 spiro atoms. The van der Waals surface area contributed by atoms with E-state index >= 15 is 0 Å². The molecule has 2 aromatic carbocycles. The standard InChI is InChI=1S/C18H21ClN2O3S2/c1-4-17(18(22)20-14-8-6-10-16(12-14)25-2)21(26(3,23)24)15-9-5-7-13(19)11-15/h5-12,17H,4H2,1-3H3,(H,20,22). The number of hydrogen-bond donors (Lipinski definition) is 1. The molecule has 1 atom stereocenters. The Morgan fingerprint density at radius 2 is 1.92 bits per heavy atom. The van der Waals surface area contributed by atoms with E-state index in [9.17, 15) is 13.2 Å². The lowest BCUT2D eigenvalue weighted by Crippen LogP contribution is -2.47. The second-order valence-electron chi connectivity index (χ2n) is 5.68. The van der Waals surface area contributed by atoms with Crippen molar-refractivity contribution < 1.29 is 13.2 Å². The molecule has 0 aliphatic heterocycles. The van der Waals surface area contributed by atoms with Crippen LogP contribution in [0.1, 0.15) is 13.3 Å². The molecule has 0 heterocycles. The number of sulfonamides is 1. The Morgan fingerprint density at radius 1 is 1.23 bits per heavy atom. The van der Waals surface area contributed by atoms with Gasteiger partial charge in [0.15, 0.2) is 0 Å². The molecule has 0 radical (unpaired) electrons. The Bertz CT molecular complexity index is 888. The highest BCUT2D eigenvalue weighted by Gasteiger charge is 2.31. The fraction of sp³-hybridized carbons (Fsp3) is 0.278. The smallest absolute Gasteiger partial charge is 0.248 e. The van der Waals surface area contributed by atoms with Crippen LogP contribution in [-0.4, -0.2) is 32.9 Å². The van der Waals surface area contributed by atoms with Crippen molar-refractivity contribution >= 4 is 50.7 Å². The number of amides is 1. The lowest BCUT2D eigenvalue weighted by molar-refractivity contribution is -0.117. The molecule has 2 rings (SSSR count). The molecule has 0 aromatic heterocycles. The Balaban J connectivity index is 2.36. The summed E-state index contributed by atoms with van der Waals surface area (Å²) in [7, 11) is -3.69. The van der Waals surface area contributed by atoms with E-state index in [0.717, 1.165) is 15.5 Å². The van der Waals surface area contributed by atoms with Crippen LogP contribution in [0, 0.1) is 0 Å². The second-order valence-corrected chi connectivity index (χ2v) is 8.86. The van der Waals surface area contributed by atoms with Gasteiger partial charge in [-0.2, -0.15) is 0 Å². The molecule has 1 amide bonds. The van der Waals surface area contributed by atoms with E-state index in [-0.39, 0.29) is 0 Å². The van der Waals surface area contributed by atoms with Crippen LogP contribution in [-0.2, 0) is 14.8 Å². The Morgan fingerprint density at radius 3 is 2.50 bits per heavy atom. The average molecular weight is 413 g/mol. The van der Waals surface area contributed by atoms with Gasteiger partial charge in [-0.3, -0.25) is 9.10 Å². The van der Waals surface area contributed by atoms with Gasteiger partial charge < -0.3 is 5.32 Å². The van der Waals surface area contributed by atoms with E-state index < -0.39 is 22.0 Å². The monoisotopic (exact) mass is 412 g/mol. The summed E-state index contributed by atoms with van der Waals surface area (Å²) in [6.45, 7) is 1.77. The first-order valence-electron chi connectivity index (χ1n) is 7.96. The predicted octanol–water partition coefficient (Wildman–Crippen LogP) is 4.25. The summed E-state index contributed by atoms with van der Waals surface area (Å²) in [5, 5.41) is 3.22. The van der Waals surface area contributed by atoms with Crippen LogP contribution >= 0.6 is 23.4 Å². The third-order valence-corrected chi connectivity index (χ3v) is 5.87. The molecule has 1 unspecified atom stereocenters. The van der Waals surface area contributed by atoms with Gasteiger partial charge in [-0.1, -0.05) is 30.7 Å². The van der Waals surface area contributed by atoms with Crippen LogP contribution in [0.4, 0.5) is 11.4 Å². The van der Waals surface area contributed by atoms with E-state index in [1.807, 2.05) is 24.5 Å². The molecule has 0 saturated heterocycles. The number of benzene rings is 2. The fourth-order valence-electron chi connectivity index (χ4n) is 2.60. The highest BCUT2D eigenvalue weighted by atomic mass is 35.5. The lowest BCUT2D eigenvalue weighted by atomic mass is 10.2. The van der Waals surface area contributed by atoms with Crippen molar-refractivity contribution in [3.63, 3.8) is 0 Å². The van der Waals surface area contributed by atoms with Crippen LogP contribution < -0.4 is 9.62 Å². The van der Waals surface area contributed by atoms with Gasteiger partial charge in [0.1, 0.15) is 6.04 Å². The molecule has 26 heavy (non-hydrogen) atoms. The van der Waals surface area contributed by atoms with Crippen LogP contribution in [0.5, 0.6) is 0 Å². The second kappa shape index (κ2) is 8.79. The Hall–Kier alpha value is -1.70. The topological polar surface area (TPSA) is 66.5 Å². The zero-order chi connectivity index (χ0) is 19.3. The lowest BCUT2D eigenvalue weighted by Gasteiger charge is -2.30. The first-order valence-corrected chi connectivity index (χ1v) is 11.4. The van der Waals surface area contributed by atoms with Crippen molar-refractivity contribution in [2.45, 2.75) is 24.3 Å². The number of nitrogens with one attached hydrogen (secondary N) is 1. The van der Waals surface area contributed by atoms with E-state index in [1.54, 1.807) is 43.0 Å². The van der Waals surface area contributed by atoms with Gasteiger partial charge in [0.05, 0.1) is 11.9 Å². The number of rotatable bonds is 7. The number of hydrogen-bond acceptors (Lipinski definition) is 4. The summed E-state index contributed by atoms with van der Waals surface area (Å²) in [5.74, 6) is -0.392. The van der Waals surface area contributed by atoms with E-state index in [4.69, 9.17) is 11.6 Å². The quantitative estimate of drug-likeness (QED) is 0.690. The normalized spacial score (nSPS) is 12.5. The molecule has 8 heteroatoms. The van der Waals surface area contributed by atoms with Crippen LogP contribution in [0.25, 0.3) is 0 Å². The van der Waals surface area contributed by atoms with Crippen molar-refractivity contribution in [3.8, 4) is 0 Å². The van der Waals surface area contributed by atoms with Crippen LogP contribution in [0.2, 0.25) is 5.02 Å². The van der Waals surface area contributed by atoms with Gasteiger partial charge in [0.25, 0.3) is 0 Å². The molecule has 5 nitrogen and oxygen atoms in total. The molecule has 140 valence electrons. The van der Waals surface area contributed by atoms with E-state index in [0.29, 0.717) is 22.8 Å². The number of carbonyl (C=O) groups is 1. The maximum Gasteiger partial charge on any atom is 0.248 e. The molecule has 0 saturated carbocycles. The number of thioether (sulfide) groups is 1. The van der Waals surface area contributed by atoms with E-state index in [1.165, 1.54) is 6.07 Å². The highest BCUT2D eigenvalue weighted by Crippen LogP contribution is 2.26. The van der Waals surface area contributed by atoms with Gasteiger partial charge in [-0.15, -0.1) is 11.8 Å². The fourth-order valence-corrected chi connectivity index (χ4v) is 4.45. The summed E-state index contributed by atoms with van der Waals surface area (Å²) >= 11 is 7.57. The summed E-state index contributed by atoms with van der Waals surface area (Å²) in [6, 6.07) is 13.0. The zero-order valence-electron chi connectivity index (χ0n) is 14.8. The van der Waals surface area contributed by atoms with Crippen LogP contribution in [0.15, 0.2) is 53.4 Å². The minimum atomic E-state index is -3.69. The number of carbonyl (C=O) groups excluding carboxylic acids is 1. The minimum absolute atomic E-state index is 0.313. The minimum Gasteiger partial charge on any atom is -0.324 e. The largest absolute Gasteiger partial charge is 0.324 e. The summed E-state index contributed by atoms with van der Waals surface area (Å²) in [4.78, 5) is 13.8. The van der Waals surface area contributed by atoms with Crippen molar-refractivity contribution in [1.29, 1.82) is 0 Å². The first-order chi connectivity index (χ1) is 12.3. The number of nitrogens with zero attached hydrogens (tertiary/aromatic N) is 1. The van der Waals surface area contributed by atoms with Crippen molar-refractivity contribution in [2.75, 3.05) is 22.1 Å². The van der Waals surface area contributed by atoms with Gasteiger partial charge >= 0.3 is 0 Å². The van der Waals surface area contributed by atoms with Crippen LogP contribution in [0.3, 0.4) is 0 Å². The van der Waals surface area contributed by atoms with Gasteiger partial charge in [0.2, 0.25) is 15.9 Å². The van der Waals surface area contributed by atoms with Gasteiger partial charge in [-0.25, -0.2) is 8.42 Å². The highest BCUT2D eigenvalue weighted by molar-refractivity contribution is 7.98. The predicted molar refractivity (Wildman–Crippen MR) is 110 cm³/mol. The maximum atomic E-state index is 12.8. The van der Waals surface area contributed by atoms with Crippen molar-refractivity contribution in [1.82, 2.24) is 0 Å². The first kappa shape index (κ1) is 20.6. The van der Waals surface area contributed by atoms with Crippen molar-refractivity contribution in [2.24, 2.45) is 0 Å². The Kier molecular flexibility index (Phi) is 6.97. The molecule has 0 aliphatic rings. The Labute approximate surface area is 163 Å². The molecule has 0 aliphatic carbocycles.